The number of nitrogens with two attached hydrogens (primary N) is 1. The first kappa shape index (κ1) is 12.2. The van der Waals surface area contributed by atoms with E-state index >= 15 is 0 Å². The van der Waals surface area contributed by atoms with Crippen molar-refractivity contribution in [2.75, 3.05) is 0 Å². The maximum Gasteiger partial charge on any atom is 0.239 e. The molecule has 0 bridgehead atoms. The lowest BCUT2D eigenvalue weighted by molar-refractivity contribution is -0.126. The van der Waals surface area contributed by atoms with Crippen molar-refractivity contribution in [1.82, 2.24) is 15.1 Å². The van der Waals surface area contributed by atoms with E-state index in [-0.39, 0.29) is 5.91 Å². The summed E-state index contributed by atoms with van der Waals surface area (Å²) in [5.41, 5.74) is 5.07. The minimum atomic E-state index is -0.618. The Bertz CT molecular complexity index is 466. The molecular weight excluding hydrogens is 296 g/mol. The third-order valence-electron chi connectivity index (χ3n) is 3.77. The van der Waals surface area contributed by atoms with Crippen molar-refractivity contribution in [3.05, 3.63) is 16.9 Å². The molecule has 0 aliphatic heterocycles. The van der Waals surface area contributed by atoms with Crippen LogP contribution in [0.25, 0.3) is 0 Å². The van der Waals surface area contributed by atoms with Gasteiger partial charge in [0.15, 0.2) is 0 Å². The van der Waals surface area contributed by atoms with E-state index < -0.39 is 5.54 Å². The Morgan fingerprint density at radius 1 is 1.56 bits per heavy atom. The minimum absolute atomic E-state index is 0.247. The third-order valence-corrected chi connectivity index (χ3v) is 4.18. The summed E-state index contributed by atoms with van der Waals surface area (Å²) < 4.78 is 2.71. The maximum absolute atomic E-state index is 12.0. The molecule has 5 nitrogen and oxygen atoms in total. The Hall–Kier alpha value is -0.880. The molecule has 1 heterocycles. The number of primary amides is 1. The number of nitrogens with zero attached hydrogens (tertiary/aromatic N) is 2. The molecule has 2 saturated carbocycles. The number of hydrogen-bond donors (Lipinski definition) is 2. The van der Waals surface area contributed by atoms with Crippen LogP contribution in [0.2, 0.25) is 0 Å². The van der Waals surface area contributed by atoms with Crippen LogP contribution >= 0.6 is 15.9 Å². The Morgan fingerprint density at radius 2 is 2.28 bits per heavy atom. The lowest BCUT2D eigenvalue weighted by Gasteiger charge is -2.32. The molecule has 1 aromatic heterocycles. The highest BCUT2D eigenvalue weighted by atomic mass is 79.9. The van der Waals surface area contributed by atoms with E-state index in [1.54, 1.807) is 10.9 Å². The topological polar surface area (TPSA) is 72.9 Å². The first-order chi connectivity index (χ1) is 8.60. The summed E-state index contributed by atoms with van der Waals surface area (Å²) in [7, 11) is 0. The van der Waals surface area contributed by atoms with Crippen molar-refractivity contribution in [3.63, 3.8) is 0 Å². The number of aromatic nitrogens is 2. The van der Waals surface area contributed by atoms with Crippen molar-refractivity contribution in [3.8, 4) is 0 Å². The minimum Gasteiger partial charge on any atom is -0.368 e. The molecule has 0 radical (unpaired) electrons. The van der Waals surface area contributed by atoms with Crippen LogP contribution in [0.3, 0.4) is 0 Å². The van der Waals surface area contributed by atoms with Gasteiger partial charge in [-0.15, -0.1) is 0 Å². The van der Waals surface area contributed by atoms with E-state index in [4.69, 9.17) is 5.73 Å². The summed E-state index contributed by atoms with van der Waals surface area (Å²) in [6, 6.07) is 0.456. The normalized spacial score (nSPS) is 22.7. The molecule has 1 unspecified atom stereocenters. The van der Waals surface area contributed by atoms with E-state index in [2.05, 4.69) is 26.3 Å². The molecule has 98 valence electrons. The van der Waals surface area contributed by atoms with Crippen LogP contribution < -0.4 is 11.1 Å². The van der Waals surface area contributed by atoms with Gasteiger partial charge in [-0.2, -0.15) is 5.10 Å². The first-order valence-corrected chi connectivity index (χ1v) is 7.15. The Morgan fingerprint density at radius 3 is 2.72 bits per heavy atom. The molecule has 1 aromatic rings. The average molecular weight is 313 g/mol. The van der Waals surface area contributed by atoms with Gasteiger partial charge in [0.2, 0.25) is 5.91 Å². The van der Waals surface area contributed by atoms with Crippen LogP contribution in [0, 0.1) is 5.92 Å². The van der Waals surface area contributed by atoms with Crippen LogP contribution in [0.1, 0.15) is 25.7 Å². The van der Waals surface area contributed by atoms with E-state index in [9.17, 15) is 4.79 Å². The summed E-state index contributed by atoms with van der Waals surface area (Å²) in [5, 5.41) is 7.72. The van der Waals surface area contributed by atoms with E-state index in [0.29, 0.717) is 18.5 Å². The SMILES string of the molecule is NC(=O)C(Cn1cc(Br)cn1)(NC1CC1)C1CC1. The second-order valence-electron chi connectivity index (χ2n) is 5.38. The highest BCUT2D eigenvalue weighted by Gasteiger charge is 2.52. The van der Waals surface area contributed by atoms with Gasteiger partial charge in [-0.1, -0.05) is 0 Å². The predicted molar refractivity (Wildman–Crippen MR) is 70.7 cm³/mol. The lowest BCUT2D eigenvalue weighted by atomic mass is 9.91. The van der Waals surface area contributed by atoms with Gasteiger partial charge in [-0.3, -0.25) is 14.8 Å². The Kier molecular flexibility index (Phi) is 2.94. The Labute approximate surface area is 114 Å². The number of carbonyl (C=O) groups is 1. The number of carbonyl (C=O) groups excluding carboxylic acids is 1. The number of halogens is 1. The third kappa shape index (κ3) is 2.31. The first-order valence-electron chi connectivity index (χ1n) is 6.36. The zero-order valence-corrected chi connectivity index (χ0v) is 11.7. The van der Waals surface area contributed by atoms with Crippen LogP contribution in [0.5, 0.6) is 0 Å². The molecule has 0 saturated heterocycles. The van der Waals surface area contributed by atoms with Crippen LogP contribution in [-0.4, -0.2) is 27.3 Å². The monoisotopic (exact) mass is 312 g/mol. The maximum atomic E-state index is 12.0. The van der Waals surface area contributed by atoms with Gasteiger partial charge in [0.05, 0.1) is 17.2 Å². The quantitative estimate of drug-likeness (QED) is 0.824. The van der Waals surface area contributed by atoms with Gasteiger partial charge in [-0.05, 0) is 47.5 Å². The largest absolute Gasteiger partial charge is 0.368 e. The van der Waals surface area contributed by atoms with Crippen molar-refractivity contribution in [1.29, 1.82) is 0 Å². The molecule has 2 aliphatic rings. The van der Waals surface area contributed by atoms with Crippen molar-refractivity contribution >= 4 is 21.8 Å². The number of amides is 1. The highest BCUT2D eigenvalue weighted by molar-refractivity contribution is 9.10. The summed E-state index contributed by atoms with van der Waals surface area (Å²) in [4.78, 5) is 12.0. The van der Waals surface area contributed by atoms with Gasteiger partial charge in [0, 0.05) is 12.2 Å². The fraction of sp³-hybridized carbons (Fsp3) is 0.667. The lowest BCUT2D eigenvalue weighted by Crippen LogP contribution is -2.60. The van der Waals surface area contributed by atoms with Crippen molar-refractivity contribution < 1.29 is 4.79 Å². The standard InChI is InChI=1S/C12H17BrN4O/c13-9-5-15-17(6-9)7-12(11(14)18,8-1-2-8)16-10-3-4-10/h5-6,8,10,16H,1-4,7H2,(H2,14,18). The van der Waals surface area contributed by atoms with Gasteiger partial charge in [0.1, 0.15) is 5.54 Å². The van der Waals surface area contributed by atoms with Gasteiger partial charge < -0.3 is 5.73 Å². The molecule has 1 amide bonds. The molecule has 2 fully saturated rings. The van der Waals surface area contributed by atoms with Crippen molar-refractivity contribution in [2.24, 2.45) is 11.7 Å². The summed E-state index contributed by atoms with van der Waals surface area (Å²) >= 11 is 3.37. The second-order valence-corrected chi connectivity index (χ2v) is 6.30. The number of hydrogen-bond acceptors (Lipinski definition) is 3. The van der Waals surface area contributed by atoms with Gasteiger partial charge in [-0.25, -0.2) is 0 Å². The summed E-state index contributed by atoms with van der Waals surface area (Å²) in [5.74, 6) is 0.113. The molecule has 1 atom stereocenters. The highest BCUT2D eigenvalue weighted by Crippen LogP contribution is 2.42. The zero-order valence-electron chi connectivity index (χ0n) is 10.1. The summed E-state index contributed by atoms with van der Waals surface area (Å²) in [6.45, 7) is 0.523. The number of nitrogens with one attached hydrogen (secondary N) is 1. The molecule has 0 aromatic carbocycles. The molecule has 18 heavy (non-hydrogen) atoms. The molecular formula is C12H17BrN4O. The average Bonchev–Trinajstić information content (AvgIpc) is 3.19. The van der Waals surface area contributed by atoms with E-state index in [1.807, 2.05) is 6.20 Å². The van der Waals surface area contributed by atoms with E-state index in [1.165, 1.54) is 0 Å². The molecule has 0 spiro atoms. The van der Waals surface area contributed by atoms with E-state index in [0.717, 1.165) is 30.2 Å². The zero-order chi connectivity index (χ0) is 12.8. The fourth-order valence-electron chi connectivity index (χ4n) is 2.49. The summed E-state index contributed by atoms with van der Waals surface area (Å²) in [6.07, 6.45) is 8.05. The Balaban J connectivity index is 1.84. The second kappa shape index (κ2) is 4.35. The molecule has 3 N–H and O–H groups in total. The van der Waals surface area contributed by atoms with Crippen LogP contribution in [0.4, 0.5) is 0 Å². The van der Waals surface area contributed by atoms with Gasteiger partial charge >= 0.3 is 0 Å². The van der Waals surface area contributed by atoms with Gasteiger partial charge in [0.25, 0.3) is 0 Å². The number of rotatable bonds is 6. The van der Waals surface area contributed by atoms with Crippen LogP contribution in [-0.2, 0) is 11.3 Å². The fourth-order valence-corrected chi connectivity index (χ4v) is 2.82. The molecule has 2 aliphatic carbocycles. The predicted octanol–water partition coefficient (Wildman–Crippen LogP) is 1.03. The molecule has 6 heteroatoms. The van der Waals surface area contributed by atoms with Crippen molar-refractivity contribution in [2.45, 2.75) is 43.8 Å². The molecule has 3 rings (SSSR count). The van der Waals surface area contributed by atoms with Crippen LogP contribution in [0.15, 0.2) is 16.9 Å². The smallest absolute Gasteiger partial charge is 0.239 e.